The maximum absolute atomic E-state index is 11.7. The molecular formula is C13H17NO2. The zero-order chi connectivity index (χ0) is 11.5. The van der Waals surface area contributed by atoms with Gasteiger partial charge in [-0.15, -0.1) is 0 Å². The summed E-state index contributed by atoms with van der Waals surface area (Å²) in [7, 11) is 3.43. The molecule has 86 valence electrons. The Labute approximate surface area is 96.0 Å². The molecule has 1 aromatic rings. The van der Waals surface area contributed by atoms with Crippen molar-refractivity contribution in [3.63, 3.8) is 0 Å². The largest absolute Gasteiger partial charge is 0.468 e. The molecule has 0 radical (unpaired) electrons. The van der Waals surface area contributed by atoms with Gasteiger partial charge in [0.1, 0.15) is 6.04 Å². The van der Waals surface area contributed by atoms with E-state index < -0.39 is 0 Å². The number of nitrogens with zero attached hydrogens (tertiary/aromatic N) is 1. The molecule has 16 heavy (non-hydrogen) atoms. The summed E-state index contributed by atoms with van der Waals surface area (Å²) in [6, 6.07) is 10.1. The van der Waals surface area contributed by atoms with Crippen LogP contribution in [-0.4, -0.2) is 37.6 Å². The summed E-state index contributed by atoms with van der Waals surface area (Å²) in [6.45, 7) is 0.944. The van der Waals surface area contributed by atoms with Crippen LogP contribution in [0.4, 0.5) is 0 Å². The quantitative estimate of drug-likeness (QED) is 0.708. The highest BCUT2D eigenvalue weighted by atomic mass is 16.5. The number of rotatable bonds is 2. The van der Waals surface area contributed by atoms with Gasteiger partial charge in [-0.25, -0.2) is 0 Å². The van der Waals surface area contributed by atoms with E-state index in [1.807, 2.05) is 25.2 Å². The second-order valence-electron chi connectivity index (χ2n) is 4.25. The van der Waals surface area contributed by atoms with Crippen molar-refractivity contribution >= 4 is 5.97 Å². The van der Waals surface area contributed by atoms with Gasteiger partial charge < -0.3 is 4.74 Å². The Kier molecular flexibility index (Phi) is 3.25. The molecule has 0 spiro atoms. The lowest BCUT2D eigenvalue weighted by molar-refractivity contribution is -0.145. The molecule has 1 aliphatic rings. The summed E-state index contributed by atoms with van der Waals surface area (Å²) >= 11 is 0. The lowest BCUT2D eigenvalue weighted by Crippen LogP contribution is -2.37. The number of carbonyl (C=O) groups excluding carboxylic acids is 1. The summed E-state index contributed by atoms with van der Waals surface area (Å²) in [5, 5.41) is 0. The number of hydrogen-bond donors (Lipinski definition) is 0. The first-order valence-corrected chi connectivity index (χ1v) is 5.57. The van der Waals surface area contributed by atoms with Gasteiger partial charge in [-0.05, 0) is 25.6 Å². The Morgan fingerprint density at radius 3 is 2.69 bits per heavy atom. The van der Waals surface area contributed by atoms with Gasteiger partial charge in [0.05, 0.1) is 7.11 Å². The van der Waals surface area contributed by atoms with Crippen molar-refractivity contribution in [2.24, 2.45) is 0 Å². The molecule has 0 amide bonds. The minimum atomic E-state index is -0.132. The van der Waals surface area contributed by atoms with E-state index >= 15 is 0 Å². The fourth-order valence-electron chi connectivity index (χ4n) is 2.46. The van der Waals surface area contributed by atoms with Crippen molar-refractivity contribution in [3.05, 3.63) is 35.9 Å². The smallest absolute Gasteiger partial charge is 0.323 e. The van der Waals surface area contributed by atoms with Crippen molar-refractivity contribution in [1.82, 2.24) is 4.90 Å². The van der Waals surface area contributed by atoms with E-state index in [4.69, 9.17) is 4.74 Å². The van der Waals surface area contributed by atoms with Gasteiger partial charge in [0.25, 0.3) is 0 Å². The average Bonchev–Trinajstić information content (AvgIpc) is 2.71. The number of ether oxygens (including phenoxy) is 1. The first-order chi connectivity index (χ1) is 7.74. The predicted molar refractivity (Wildman–Crippen MR) is 62.2 cm³/mol. The molecule has 1 saturated heterocycles. The predicted octanol–water partition coefficient (Wildman–Crippen LogP) is 1.65. The van der Waals surface area contributed by atoms with E-state index in [9.17, 15) is 4.79 Å². The monoisotopic (exact) mass is 219 g/mol. The van der Waals surface area contributed by atoms with Crippen LogP contribution in [0, 0.1) is 0 Å². The third kappa shape index (κ3) is 1.95. The second kappa shape index (κ2) is 4.66. The van der Waals surface area contributed by atoms with Crippen molar-refractivity contribution in [2.45, 2.75) is 18.4 Å². The highest BCUT2D eigenvalue weighted by molar-refractivity contribution is 5.77. The molecule has 0 saturated carbocycles. The SMILES string of the molecule is COC(=O)[C@@H]1[C@@H](c2ccccc2)CCN1C. The molecular weight excluding hydrogens is 202 g/mol. The number of esters is 1. The van der Waals surface area contributed by atoms with Gasteiger partial charge in [0.15, 0.2) is 0 Å². The number of benzene rings is 1. The first kappa shape index (κ1) is 11.1. The van der Waals surface area contributed by atoms with Crippen LogP contribution in [0.15, 0.2) is 30.3 Å². The van der Waals surface area contributed by atoms with E-state index in [0.29, 0.717) is 0 Å². The molecule has 3 nitrogen and oxygen atoms in total. The highest BCUT2D eigenvalue weighted by Crippen LogP contribution is 2.32. The maximum Gasteiger partial charge on any atom is 0.323 e. The van der Waals surface area contributed by atoms with Crippen LogP contribution in [0.2, 0.25) is 0 Å². The van der Waals surface area contributed by atoms with E-state index in [1.165, 1.54) is 12.7 Å². The second-order valence-corrected chi connectivity index (χ2v) is 4.25. The molecule has 1 heterocycles. The Bertz CT molecular complexity index is 363. The first-order valence-electron chi connectivity index (χ1n) is 5.57. The van der Waals surface area contributed by atoms with Crippen molar-refractivity contribution in [2.75, 3.05) is 20.7 Å². The maximum atomic E-state index is 11.7. The van der Waals surface area contributed by atoms with Crippen LogP contribution >= 0.6 is 0 Å². The number of likely N-dealkylation sites (N-methyl/N-ethyl adjacent to an activating group) is 1. The minimum Gasteiger partial charge on any atom is -0.468 e. The van der Waals surface area contributed by atoms with Crippen molar-refractivity contribution in [3.8, 4) is 0 Å². The Balaban J connectivity index is 2.24. The third-order valence-electron chi connectivity index (χ3n) is 3.32. The van der Waals surface area contributed by atoms with Gasteiger partial charge in [0, 0.05) is 5.92 Å². The summed E-state index contributed by atoms with van der Waals surface area (Å²) in [4.78, 5) is 13.8. The zero-order valence-corrected chi connectivity index (χ0v) is 9.72. The van der Waals surface area contributed by atoms with Gasteiger partial charge in [0.2, 0.25) is 0 Å². The van der Waals surface area contributed by atoms with Crippen LogP contribution in [0.5, 0.6) is 0 Å². The van der Waals surface area contributed by atoms with E-state index in [1.54, 1.807) is 0 Å². The van der Waals surface area contributed by atoms with Crippen LogP contribution in [0.25, 0.3) is 0 Å². The molecule has 2 atom stereocenters. The number of carbonyl (C=O) groups is 1. The van der Waals surface area contributed by atoms with Crippen LogP contribution in [0.3, 0.4) is 0 Å². The lowest BCUT2D eigenvalue weighted by Gasteiger charge is -2.22. The fraction of sp³-hybridized carbons (Fsp3) is 0.462. The lowest BCUT2D eigenvalue weighted by atomic mass is 9.92. The summed E-state index contributed by atoms with van der Waals surface area (Å²) in [5.74, 6) is 0.132. The van der Waals surface area contributed by atoms with E-state index in [2.05, 4.69) is 17.0 Å². The molecule has 0 aliphatic carbocycles. The van der Waals surface area contributed by atoms with Gasteiger partial charge in [-0.3, -0.25) is 9.69 Å². The Morgan fingerprint density at radius 2 is 2.06 bits per heavy atom. The topological polar surface area (TPSA) is 29.5 Å². The summed E-state index contributed by atoms with van der Waals surface area (Å²) in [6.07, 6.45) is 1.01. The molecule has 3 heteroatoms. The van der Waals surface area contributed by atoms with Crippen LogP contribution < -0.4 is 0 Å². The number of likely N-dealkylation sites (tertiary alicyclic amines) is 1. The normalized spacial score (nSPS) is 25.6. The van der Waals surface area contributed by atoms with Gasteiger partial charge in [-0.1, -0.05) is 30.3 Å². The third-order valence-corrected chi connectivity index (χ3v) is 3.32. The molecule has 1 aromatic carbocycles. The Hall–Kier alpha value is -1.35. The average molecular weight is 219 g/mol. The molecule has 0 N–H and O–H groups in total. The molecule has 1 aliphatic heterocycles. The fourth-order valence-corrected chi connectivity index (χ4v) is 2.46. The van der Waals surface area contributed by atoms with Gasteiger partial charge in [-0.2, -0.15) is 0 Å². The molecule has 0 aromatic heterocycles. The van der Waals surface area contributed by atoms with Crippen LogP contribution in [-0.2, 0) is 9.53 Å². The standard InChI is InChI=1S/C13H17NO2/c1-14-9-8-11(12(14)13(15)16-2)10-6-4-3-5-7-10/h3-7,11-12H,8-9H2,1-2H3/t11-,12+/m1/s1. The zero-order valence-electron chi connectivity index (χ0n) is 9.72. The van der Waals surface area contributed by atoms with Crippen LogP contribution in [0.1, 0.15) is 17.9 Å². The summed E-state index contributed by atoms with van der Waals surface area (Å²) in [5.41, 5.74) is 1.22. The number of methoxy groups -OCH3 is 1. The molecule has 1 fully saturated rings. The van der Waals surface area contributed by atoms with Crippen molar-refractivity contribution < 1.29 is 9.53 Å². The summed E-state index contributed by atoms with van der Waals surface area (Å²) < 4.78 is 4.88. The Morgan fingerprint density at radius 1 is 1.38 bits per heavy atom. The van der Waals surface area contributed by atoms with E-state index in [0.717, 1.165) is 13.0 Å². The molecule has 2 rings (SSSR count). The van der Waals surface area contributed by atoms with E-state index in [-0.39, 0.29) is 17.9 Å². The van der Waals surface area contributed by atoms with Crippen molar-refractivity contribution in [1.29, 1.82) is 0 Å². The minimum absolute atomic E-state index is 0.131. The molecule has 0 bridgehead atoms. The van der Waals surface area contributed by atoms with Gasteiger partial charge >= 0.3 is 5.97 Å². The number of hydrogen-bond acceptors (Lipinski definition) is 3. The molecule has 0 unspecified atom stereocenters. The highest BCUT2D eigenvalue weighted by Gasteiger charge is 2.38.